The molecule has 5 heteroatoms. The molecule has 0 radical (unpaired) electrons. The molecule has 1 unspecified atom stereocenters. The zero-order valence-corrected chi connectivity index (χ0v) is 20.1. The summed E-state index contributed by atoms with van der Waals surface area (Å²) in [5.74, 6) is 0.339. The molecular formula is C28H30N2O3. The van der Waals surface area contributed by atoms with Gasteiger partial charge in [-0.2, -0.15) is 0 Å². The normalized spacial score (nSPS) is 23.0. The Morgan fingerprint density at radius 3 is 2.48 bits per heavy atom. The quantitative estimate of drug-likeness (QED) is 0.480. The van der Waals surface area contributed by atoms with Crippen LogP contribution < -0.4 is 5.56 Å². The lowest BCUT2D eigenvalue weighted by Crippen LogP contribution is -2.43. The lowest BCUT2D eigenvalue weighted by atomic mass is 9.76. The van der Waals surface area contributed by atoms with Gasteiger partial charge in [-0.3, -0.25) is 9.59 Å². The lowest BCUT2D eigenvalue weighted by molar-refractivity contribution is -0.140. The van der Waals surface area contributed by atoms with Gasteiger partial charge in [0, 0.05) is 28.5 Å². The average molecular weight is 443 g/mol. The number of hydrogen-bond acceptors (Lipinski definition) is 4. The van der Waals surface area contributed by atoms with Crippen molar-refractivity contribution in [2.45, 2.75) is 78.9 Å². The van der Waals surface area contributed by atoms with Crippen molar-refractivity contribution in [1.29, 1.82) is 0 Å². The van der Waals surface area contributed by atoms with E-state index >= 15 is 0 Å². The third-order valence-corrected chi connectivity index (χ3v) is 8.73. The number of aromatic nitrogens is 2. The van der Waals surface area contributed by atoms with Crippen molar-refractivity contribution in [3.63, 3.8) is 0 Å². The van der Waals surface area contributed by atoms with E-state index in [0.717, 1.165) is 35.3 Å². The number of pyridine rings is 2. The molecule has 2 aliphatic carbocycles. The van der Waals surface area contributed by atoms with Gasteiger partial charge in [0.15, 0.2) is 5.78 Å². The Balaban J connectivity index is 1.71. The van der Waals surface area contributed by atoms with E-state index in [-0.39, 0.29) is 24.2 Å². The largest absolute Gasteiger partial charge is 0.377 e. The predicted molar refractivity (Wildman–Crippen MR) is 129 cm³/mol. The summed E-state index contributed by atoms with van der Waals surface area (Å²) >= 11 is 0. The van der Waals surface area contributed by atoms with Crippen LogP contribution in [0.4, 0.5) is 0 Å². The first-order valence-corrected chi connectivity index (χ1v) is 12.1. The average Bonchev–Trinajstić information content (AvgIpc) is 3.17. The minimum atomic E-state index is -1.58. The number of carbonyl (C=O) groups is 1. The van der Waals surface area contributed by atoms with Gasteiger partial charge in [-0.1, -0.05) is 13.8 Å². The molecule has 0 saturated carbocycles. The summed E-state index contributed by atoms with van der Waals surface area (Å²) in [4.78, 5) is 31.5. The van der Waals surface area contributed by atoms with E-state index in [1.807, 2.05) is 10.6 Å². The fraction of sp³-hybridized carbons (Fsp3) is 0.464. The minimum absolute atomic E-state index is 0.0794. The number of nitrogens with zero attached hydrogens (tertiary/aromatic N) is 2. The van der Waals surface area contributed by atoms with Gasteiger partial charge in [-0.15, -0.1) is 0 Å². The molecule has 0 amide bonds. The topological polar surface area (TPSA) is 72.2 Å². The van der Waals surface area contributed by atoms with Crippen LogP contribution in [0.1, 0.15) is 71.2 Å². The summed E-state index contributed by atoms with van der Waals surface area (Å²) < 4.78 is 1.83. The molecule has 1 aliphatic heterocycles. The number of carbonyl (C=O) groups excluding carboxylic acids is 1. The third-order valence-electron chi connectivity index (χ3n) is 8.73. The number of Topliss-reactive ketones (excluding diaryl/α,β-unsaturated/α-hetero) is 1. The van der Waals surface area contributed by atoms with Gasteiger partial charge < -0.3 is 9.67 Å². The second kappa shape index (κ2) is 6.63. The number of fused-ring (bicyclic) bond motifs is 5. The van der Waals surface area contributed by atoms with Crippen LogP contribution in [0.25, 0.3) is 22.3 Å². The van der Waals surface area contributed by atoms with Crippen molar-refractivity contribution >= 4 is 16.7 Å². The highest BCUT2D eigenvalue weighted by atomic mass is 16.3. The van der Waals surface area contributed by atoms with Crippen LogP contribution in [0.15, 0.2) is 10.9 Å². The van der Waals surface area contributed by atoms with Gasteiger partial charge in [-0.05, 0) is 86.3 Å². The Labute approximate surface area is 193 Å². The summed E-state index contributed by atoms with van der Waals surface area (Å²) in [6, 6.07) is 1.89. The van der Waals surface area contributed by atoms with Crippen molar-refractivity contribution in [2.75, 3.05) is 0 Å². The van der Waals surface area contributed by atoms with E-state index in [4.69, 9.17) is 4.98 Å². The Morgan fingerprint density at radius 1 is 1.03 bits per heavy atom. The zero-order chi connectivity index (χ0) is 23.4. The highest BCUT2D eigenvalue weighted by Crippen LogP contribution is 2.45. The molecule has 3 heterocycles. The summed E-state index contributed by atoms with van der Waals surface area (Å²) in [5.41, 5.74) is 9.78. The van der Waals surface area contributed by atoms with Crippen LogP contribution in [-0.4, -0.2) is 20.4 Å². The van der Waals surface area contributed by atoms with Gasteiger partial charge in [0.25, 0.3) is 5.56 Å². The van der Waals surface area contributed by atoms with Crippen molar-refractivity contribution in [3.8, 4) is 11.4 Å². The fourth-order valence-electron chi connectivity index (χ4n) is 6.57. The smallest absolute Gasteiger partial charge is 0.254 e. The third kappa shape index (κ3) is 2.49. The van der Waals surface area contributed by atoms with E-state index < -0.39 is 5.60 Å². The number of benzene rings is 1. The van der Waals surface area contributed by atoms with Gasteiger partial charge in [0.1, 0.15) is 5.60 Å². The van der Waals surface area contributed by atoms with Crippen molar-refractivity contribution < 1.29 is 9.90 Å². The van der Waals surface area contributed by atoms with E-state index in [9.17, 15) is 14.7 Å². The highest BCUT2D eigenvalue weighted by Gasteiger charge is 2.43. The second-order valence-corrected chi connectivity index (χ2v) is 10.5. The molecule has 0 saturated heterocycles. The van der Waals surface area contributed by atoms with Crippen LogP contribution in [-0.2, 0) is 36.2 Å². The minimum Gasteiger partial charge on any atom is -0.377 e. The molecule has 6 rings (SSSR count). The second-order valence-electron chi connectivity index (χ2n) is 10.5. The van der Waals surface area contributed by atoms with Crippen LogP contribution in [0.3, 0.4) is 0 Å². The summed E-state index contributed by atoms with van der Waals surface area (Å²) in [5, 5.41) is 12.5. The maximum atomic E-state index is 13.6. The first kappa shape index (κ1) is 20.8. The Morgan fingerprint density at radius 2 is 1.76 bits per heavy atom. The van der Waals surface area contributed by atoms with Crippen molar-refractivity contribution in [3.05, 3.63) is 60.9 Å². The highest BCUT2D eigenvalue weighted by molar-refractivity contribution is 5.95. The molecule has 33 heavy (non-hydrogen) atoms. The van der Waals surface area contributed by atoms with E-state index in [1.54, 1.807) is 6.92 Å². The maximum absolute atomic E-state index is 13.6. The molecule has 0 bridgehead atoms. The Hall–Kier alpha value is -2.79. The van der Waals surface area contributed by atoms with Gasteiger partial charge in [0.05, 0.1) is 23.4 Å². The molecule has 2 atom stereocenters. The summed E-state index contributed by atoms with van der Waals surface area (Å²) in [6.07, 6.45) is 2.92. The Kier molecular flexibility index (Phi) is 4.18. The van der Waals surface area contributed by atoms with Crippen LogP contribution in [0.2, 0.25) is 0 Å². The van der Waals surface area contributed by atoms with E-state index in [2.05, 4.69) is 27.7 Å². The molecule has 2 aromatic heterocycles. The Bertz CT molecular complexity index is 1480. The van der Waals surface area contributed by atoms with Gasteiger partial charge in [-0.25, -0.2) is 4.98 Å². The van der Waals surface area contributed by atoms with Crippen molar-refractivity contribution in [2.24, 2.45) is 5.92 Å². The van der Waals surface area contributed by atoms with Crippen LogP contribution in [0.5, 0.6) is 0 Å². The molecule has 3 aliphatic rings. The standard InChI is InChI=1S/C28H30N2O3/c1-6-28(33)21-11-22-26-20(12-30(22)27(32)17(21)7-8-23(28)31)19-10-13(2)9-18-15(4)14(3)16(5)25(29-26)24(18)19/h11,13,33H,6-10,12H2,1-5H3/t13?,28-/m0/s1. The first-order valence-electron chi connectivity index (χ1n) is 12.1. The number of hydrogen-bond donors (Lipinski definition) is 1. The molecule has 0 fully saturated rings. The molecule has 1 aromatic carbocycles. The summed E-state index contributed by atoms with van der Waals surface area (Å²) in [7, 11) is 0. The van der Waals surface area contributed by atoms with Crippen molar-refractivity contribution in [1.82, 2.24) is 9.55 Å². The first-order chi connectivity index (χ1) is 15.7. The monoisotopic (exact) mass is 442 g/mol. The van der Waals surface area contributed by atoms with Gasteiger partial charge in [0.2, 0.25) is 0 Å². The van der Waals surface area contributed by atoms with Gasteiger partial charge >= 0.3 is 0 Å². The molecule has 170 valence electrons. The summed E-state index contributed by atoms with van der Waals surface area (Å²) in [6.45, 7) is 11.2. The SMILES string of the molecule is CC[C@@]1(O)C(=O)CCc2c1cc1n(c2=O)Cc2c-1nc1c(C)c(C)c(C)c3c1c2CC(C)C3. The number of ketones is 1. The predicted octanol–water partition coefficient (Wildman–Crippen LogP) is 4.20. The van der Waals surface area contributed by atoms with E-state index in [1.165, 1.54) is 33.2 Å². The molecule has 0 spiro atoms. The van der Waals surface area contributed by atoms with Crippen LogP contribution in [0, 0.1) is 26.7 Å². The lowest BCUT2D eigenvalue weighted by Gasteiger charge is -2.32. The molecule has 5 nitrogen and oxygen atoms in total. The molecule has 1 N–H and O–H groups in total. The number of aliphatic hydroxyl groups is 1. The maximum Gasteiger partial charge on any atom is 0.254 e. The number of rotatable bonds is 1. The molecular weight excluding hydrogens is 412 g/mol. The fourth-order valence-corrected chi connectivity index (χ4v) is 6.57. The molecule has 3 aromatic rings. The number of aryl methyl sites for hydroxylation is 1. The van der Waals surface area contributed by atoms with E-state index in [0.29, 0.717) is 30.0 Å². The zero-order valence-electron chi connectivity index (χ0n) is 20.1. The van der Waals surface area contributed by atoms with Crippen LogP contribution >= 0.6 is 0 Å².